The van der Waals surface area contributed by atoms with Crippen LogP contribution in [0.25, 0.3) is 0 Å². The Hall–Kier alpha value is -1.52. The van der Waals surface area contributed by atoms with Gasteiger partial charge in [-0.2, -0.15) is 0 Å². The van der Waals surface area contributed by atoms with Crippen LogP contribution >= 0.6 is 0 Å². The molecule has 72 valence electrons. The van der Waals surface area contributed by atoms with Gasteiger partial charge in [0.05, 0.1) is 13.2 Å². The SMILES string of the molecule is CCOC(=O)NCc1nccn1C. The number of nitrogens with one attached hydrogen (secondary N) is 1. The highest BCUT2D eigenvalue weighted by Gasteiger charge is 2.02. The maximum atomic E-state index is 10.9. The highest BCUT2D eigenvalue weighted by Crippen LogP contribution is 1.92. The Balaban J connectivity index is 2.35. The molecule has 0 spiro atoms. The summed E-state index contributed by atoms with van der Waals surface area (Å²) in [6.07, 6.45) is 3.09. The van der Waals surface area contributed by atoms with E-state index in [1.54, 1.807) is 13.1 Å². The first-order chi connectivity index (χ1) is 6.24. The molecule has 0 bridgehead atoms. The molecule has 0 fully saturated rings. The third-order valence-electron chi connectivity index (χ3n) is 1.59. The highest BCUT2D eigenvalue weighted by molar-refractivity contribution is 5.66. The molecule has 13 heavy (non-hydrogen) atoms. The number of aryl methyl sites for hydroxylation is 1. The second-order valence-electron chi connectivity index (χ2n) is 2.53. The molecule has 1 amide bonds. The van der Waals surface area contributed by atoms with Gasteiger partial charge in [0, 0.05) is 19.4 Å². The Morgan fingerprint density at radius 2 is 2.54 bits per heavy atom. The van der Waals surface area contributed by atoms with Crippen LogP contribution in [0.15, 0.2) is 12.4 Å². The number of imidazole rings is 1. The van der Waals surface area contributed by atoms with Crippen molar-refractivity contribution in [1.82, 2.24) is 14.9 Å². The maximum Gasteiger partial charge on any atom is 0.407 e. The molecule has 0 unspecified atom stereocenters. The van der Waals surface area contributed by atoms with Crippen molar-refractivity contribution >= 4 is 6.09 Å². The molecule has 1 heterocycles. The van der Waals surface area contributed by atoms with Gasteiger partial charge in [-0.1, -0.05) is 0 Å². The summed E-state index contributed by atoms with van der Waals surface area (Å²) in [5, 5.41) is 2.58. The molecule has 0 aromatic carbocycles. The van der Waals surface area contributed by atoms with Crippen molar-refractivity contribution in [1.29, 1.82) is 0 Å². The number of amides is 1. The molecular formula is C8H13N3O2. The molecular weight excluding hydrogens is 170 g/mol. The van der Waals surface area contributed by atoms with Crippen molar-refractivity contribution < 1.29 is 9.53 Å². The summed E-state index contributed by atoms with van der Waals surface area (Å²) in [7, 11) is 1.87. The van der Waals surface area contributed by atoms with Gasteiger partial charge in [0.15, 0.2) is 0 Å². The molecule has 5 heteroatoms. The third-order valence-corrected chi connectivity index (χ3v) is 1.59. The molecule has 0 radical (unpaired) electrons. The lowest BCUT2D eigenvalue weighted by Crippen LogP contribution is -2.25. The number of aromatic nitrogens is 2. The van der Waals surface area contributed by atoms with E-state index in [1.165, 1.54) is 0 Å². The first kappa shape index (κ1) is 9.57. The van der Waals surface area contributed by atoms with Crippen LogP contribution in [0.2, 0.25) is 0 Å². The molecule has 0 aliphatic rings. The van der Waals surface area contributed by atoms with Crippen molar-refractivity contribution in [2.24, 2.45) is 7.05 Å². The normalized spacial score (nSPS) is 9.69. The fraction of sp³-hybridized carbons (Fsp3) is 0.500. The number of ether oxygens (including phenoxy) is 1. The maximum absolute atomic E-state index is 10.9. The van der Waals surface area contributed by atoms with E-state index in [-0.39, 0.29) is 0 Å². The monoisotopic (exact) mass is 183 g/mol. The van der Waals surface area contributed by atoms with Crippen molar-refractivity contribution in [2.75, 3.05) is 6.61 Å². The van der Waals surface area contributed by atoms with E-state index < -0.39 is 6.09 Å². The van der Waals surface area contributed by atoms with E-state index in [0.29, 0.717) is 13.2 Å². The minimum absolute atomic E-state index is 0.381. The molecule has 1 aromatic heterocycles. The quantitative estimate of drug-likeness (QED) is 0.749. The molecule has 1 aromatic rings. The smallest absolute Gasteiger partial charge is 0.407 e. The number of hydrogen-bond acceptors (Lipinski definition) is 3. The van der Waals surface area contributed by atoms with Crippen LogP contribution in [0, 0.1) is 0 Å². The van der Waals surface area contributed by atoms with Crippen LogP contribution in [0.5, 0.6) is 0 Å². The number of hydrogen-bond donors (Lipinski definition) is 1. The molecule has 1 rings (SSSR count). The Morgan fingerprint density at radius 3 is 3.08 bits per heavy atom. The number of rotatable bonds is 3. The lowest BCUT2D eigenvalue weighted by Gasteiger charge is -2.04. The zero-order valence-electron chi connectivity index (χ0n) is 7.78. The van der Waals surface area contributed by atoms with Crippen LogP contribution in [0.4, 0.5) is 4.79 Å². The van der Waals surface area contributed by atoms with Gasteiger partial charge in [-0.25, -0.2) is 9.78 Å². The zero-order chi connectivity index (χ0) is 9.68. The highest BCUT2D eigenvalue weighted by atomic mass is 16.5. The van der Waals surface area contributed by atoms with Crippen LogP contribution < -0.4 is 5.32 Å². The van der Waals surface area contributed by atoms with Gasteiger partial charge >= 0.3 is 6.09 Å². The predicted molar refractivity (Wildman–Crippen MR) is 47.1 cm³/mol. The molecule has 0 aliphatic heterocycles. The fourth-order valence-corrected chi connectivity index (χ4v) is 0.900. The van der Waals surface area contributed by atoms with E-state index in [4.69, 9.17) is 4.74 Å². The zero-order valence-corrected chi connectivity index (χ0v) is 7.78. The molecule has 0 atom stereocenters. The summed E-state index contributed by atoms with van der Waals surface area (Å²) in [4.78, 5) is 14.9. The second kappa shape index (κ2) is 4.49. The van der Waals surface area contributed by atoms with Crippen molar-refractivity contribution in [3.8, 4) is 0 Å². The minimum Gasteiger partial charge on any atom is -0.450 e. The number of carbonyl (C=O) groups excluding carboxylic acids is 1. The van der Waals surface area contributed by atoms with E-state index >= 15 is 0 Å². The van der Waals surface area contributed by atoms with E-state index in [9.17, 15) is 4.79 Å². The first-order valence-corrected chi connectivity index (χ1v) is 4.11. The van der Waals surface area contributed by atoms with Gasteiger partial charge in [-0.05, 0) is 6.92 Å². The third kappa shape index (κ3) is 2.77. The molecule has 1 N–H and O–H groups in total. The standard InChI is InChI=1S/C8H13N3O2/c1-3-13-8(12)10-6-7-9-4-5-11(7)2/h4-5H,3,6H2,1-2H3,(H,10,12). The average molecular weight is 183 g/mol. The minimum atomic E-state index is -0.412. The number of nitrogens with zero attached hydrogens (tertiary/aromatic N) is 2. The van der Waals surface area contributed by atoms with Gasteiger partial charge in [-0.15, -0.1) is 0 Å². The summed E-state index contributed by atoms with van der Waals surface area (Å²) in [5.74, 6) is 0.799. The summed E-state index contributed by atoms with van der Waals surface area (Å²) < 4.78 is 6.53. The number of alkyl carbamates (subject to hydrolysis) is 1. The Labute approximate surface area is 76.7 Å². The fourth-order valence-electron chi connectivity index (χ4n) is 0.900. The average Bonchev–Trinajstić information content (AvgIpc) is 2.48. The molecule has 0 saturated heterocycles. The van der Waals surface area contributed by atoms with Crippen LogP contribution in [0.3, 0.4) is 0 Å². The number of carbonyl (C=O) groups is 1. The van der Waals surface area contributed by atoms with Gasteiger partial charge in [-0.3, -0.25) is 0 Å². The van der Waals surface area contributed by atoms with E-state index in [2.05, 4.69) is 10.3 Å². The molecule has 5 nitrogen and oxygen atoms in total. The van der Waals surface area contributed by atoms with Crippen LogP contribution in [-0.4, -0.2) is 22.3 Å². The van der Waals surface area contributed by atoms with Crippen molar-refractivity contribution in [2.45, 2.75) is 13.5 Å². The topological polar surface area (TPSA) is 56.1 Å². The molecule has 0 saturated carbocycles. The Morgan fingerprint density at radius 1 is 1.77 bits per heavy atom. The van der Waals surface area contributed by atoms with Crippen LogP contribution in [-0.2, 0) is 18.3 Å². The lowest BCUT2D eigenvalue weighted by atomic mass is 10.6. The predicted octanol–water partition coefficient (Wildman–Crippen LogP) is 0.666. The van der Waals surface area contributed by atoms with Crippen molar-refractivity contribution in [3.05, 3.63) is 18.2 Å². The lowest BCUT2D eigenvalue weighted by molar-refractivity contribution is 0.151. The summed E-state index contributed by atoms with van der Waals surface area (Å²) in [6.45, 7) is 2.54. The largest absolute Gasteiger partial charge is 0.450 e. The summed E-state index contributed by atoms with van der Waals surface area (Å²) >= 11 is 0. The first-order valence-electron chi connectivity index (χ1n) is 4.11. The second-order valence-corrected chi connectivity index (χ2v) is 2.53. The summed E-state index contributed by atoms with van der Waals surface area (Å²) in [6, 6.07) is 0. The Kier molecular flexibility index (Phi) is 3.31. The van der Waals surface area contributed by atoms with Crippen LogP contribution in [0.1, 0.15) is 12.7 Å². The molecule has 0 aliphatic carbocycles. The van der Waals surface area contributed by atoms with E-state index in [0.717, 1.165) is 5.82 Å². The van der Waals surface area contributed by atoms with Gasteiger partial charge < -0.3 is 14.6 Å². The van der Waals surface area contributed by atoms with Gasteiger partial charge in [0.2, 0.25) is 0 Å². The van der Waals surface area contributed by atoms with Crippen molar-refractivity contribution in [3.63, 3.8) is 0 Å². The Bertz CT molecular complexity index is 283. The van der Waals surface area contributed by atoms with Gasteiger partial charge in [0.25, 0.3) is 0 Å². The summed E-state index contributed by atoms with van der Waals surface area (Å²) in [5.41, 5.74) is 0. The van der Waals surface area contributed by atoms with Gasteiger partial charge in [0.1, 0.15) is 5.82 Å². The van der Waals surface area contributed by atoms with E-state index in [1.807, 2.05) is 17.8 Å².